The van der Waals surface area contributed by atoms with Crippen LogP contribution in [0.15, 0.2) is 48.7 Å². The highest BCUT2D eigenvalue weighted by molar-refractivity contribution is 5.71. The molecule has 1 heterocycles. The Hall–Kier alpha value is -2.35. The van der Waals surface area contributed by atoms with E-state index < -0.39 is 6.85 Å². The molecule has 0 unspecified atom stereocenters. The van der Waals surface area contributed by atoms with E-state index >= 15 is 0 Å². The van der Waals surface area contributed by atoms with E-state index in [-0.39, 0.29) is 6.04 Å². The van der Waals surface area contributed by atoms with Crippen molar-refractivity contribution in [1.29, 1.82) is 0 Å². The van der Waals surface area contributed by atoms with E-state index in [4.69, 9.17) is 4.11 Å². The van der Waals surface area contributed by atoms with E-state index in [1.165, 1.54) is 5.56 Å². The van der Waals surface area contributed by atoms with Gasteiger partial charge in [-0.15, -0.1) is 4.68 Å². The Labute approximate surface area is 162 Å². The van der Waals surface area contributed by atoms with E-state index in [2.05, 4.69) is 74.4 Å². The van der Waals surface area contributed by atoms with Gasteiger partial charge in [-0.3, -0.25) is 0 Å². The number of aromatic nitrogens is 2. The van der Waals surface area contributed by atoms with Crippen molar-refractivity contribution in [1.82, 2.24) is 4.68 Å². The fraction of sp³-hybridized carbons (Fsp3) is 0.375. The van der Waals surface area contributed by atoms with Crippen LogP contribution in [-0.2, 0) is 0 Å². The normalized spacial score (nSPS) is 13.8. The molecular formula is C24H31N2+. The smallest absolute Gasteiger partial charge is 0.149 e. The standard InChI is InChI=1S/C24H31N2/c1-16(2)21-13-8-9-14-23(21)25-15-22(20(7)26(25)17(3)4)24-18(5)11-10-12-19(24)6/h8-17H,1-7H3/q+1/i5D3. The van der Waals surface area contributed by atoms with Gasteiger partial charge in [0, 0.05) is 15.7 Å². The van der Waals surface area contributed by atoms with Gasteiger partial charge in [-0.2, -0.15) is 0 Å². The molecule has 2 aromatic carbocycles. The van der Waals surface area contributed by atoms with Gasteiger partial charge in [0.15, 0.2) is 0 Å². The van der Waals surface area contributed by atoms with Gasteiger partial charge in [0.1, 0.15) is 0 Å². The van der Waals surface area contributed by atoms with Gasteiger partial charge in [-0.25, -0.2) is 0 Å². The summed E-state index contributed by atoms with van der Waals surface area (Å²) in [5.74, 6) is 0.384. The van der Waals surface area contributed by atoms with Gasteiger partial charge < -0.3 is 0 Å². The molecule has 0 spiro atoms. The van der Waals surface area contributed by atoms with Crippen LogP contribution in [0.4, 0.5) is 0 Å². The summed E-state index contributed by atoms with van der Waals surface area (Å²) in [5.41, 5.74) is 6.65. The third kappa shape index (κ3) is 3.09. The first-order valence-corrected chi connectivity index (χ1v) is 9.37. The van der Waals surface area contributed by atoms with Crippen LogP contribution in [0, 0.1) is 20.7 Å². The highest BCUT2D eigenvalue weighted by Crippen LogP contribution is 2.31. The molecule has 0 N–H and O–H groups in total. The van der Waals surface area contributed by atoms with Crippen molar-refractivity contribution in [3.8, 4) is 16.8 Å². The van der Waals surface area contributed by atoms with Gasteiger partial charge in [-0.1, -0.05) is 54.9 Å². The molecule has 3 rings (SSSR count). The van der Waals surface area contributed by atoms with Crippen molar-refractivity contribution in [3.05, 3.63) is 71.0 Å². The molecule has 2 heteroatoms. The summed E-state index contributed by atoms with van der Waals surface area (Å²) in [5, 5.41) is 0. The number of aryl methyl sites for hydroxylation is 2. The first kappa shape index (κ1) is 14.8. The molecule has 0 aliphatic heterocycles. The largest absolute Gasteiger partial charge is 0.239 e. The highest BCUT2D eigenvalue weighted by Gasteiger charge is 2.27. The number of rotatable bonds is 4. The molecule has 1 aromatic heterocycles. The molecule has 0 saturated heterocycles. The van der Waals surface area contributed by atoms with Crippen molar-refractivity contribution >= 4 is 0 Å². The highest BCUT2D eigenvalue weighted by atomic mass is 15.4. The third-order valence-electron chi connectivity index (χ3n) is 5.05. The zero-order chi connectivity index (χ0) is 21.5. The average Bonchev–Trinajstić information content (AvgIpc) is 2.97. The van der Waals surface area contributed by atoms with Crippen LogP contribution >= 0.6 is 0 Å². The van der Waals surface area contributed by atoms with E-state index in [1.54, 1.807) is 6.07 Å². The lowest BCUT2D eigenvalue weighted by Gasteiger charge is -2.12. The van der Waals surface area contributed by atoms with Crippen LogP contribution in [0.25, 0.3) is 16.8 Å². The number of hydrogen-bond acceptors (Lipinski definition) is 0. The summed E-state index contributed by atoms with van der Waals surface area (Å²) < 4.78 is 28.6. The van der Waals surface area contributed by atoms with Gasteiger partial charge in [0.05, 0.1) is 17.3 Å². The minimum atomic E-state index is -2.16. The van der Waals surface area contributed by atoms with E-state index in [0.717, 1.165) is 28.1 Å². The second kappa shape index (κ2) is 7.11. The molecule has 0 aliphatic rings. The SMILES string of the molecule is [2H]C([2H])([2H])c1cccc(C)c1-c1c[n+](-c2ccccc2C(C)C)n(C(C)C)c1C. The number of benzene rings is 2. The summed E-state index contributed by atoms with van der Waals surface area (Å²) in [6, 6.07) is 14.2. The number of hydrogen-bond donors (Lipinski definition) is 0. The lowest BCUT2D eigenvalue weighted by molar-refractivity contribution is -0.688. The van der Waals surface area contributed by atoms with Crippen LogP contribution in [0.3, 0.4) is 0 Å². The Balaban J connectivity index is 2.37. The van der Waals surface area contributed by atoms with Crippen LogP contribution in [-0.4, -0.2) is 4.68 Å². The zero-order valence-electron chi connectivity index (χ0n) is 19.7. The Kier molecular flexibility index (Phi) is 4.04. The predicted octanol–water partition coefficient (Wildman–Crippen LogP) is 6.06. The minimum absolute atomic E-state index is 0.226. The maximum atomic E-state index is 8.05. The Morgan fingerprint density at radius 2 is 1.62 bits per heavy atom. The molecule has 0 atom stereocenters. The van der Waals surface area contributed by atoms with Crippen molar-refractivity contribution in [2.45, 2.75) is 60.4 Å². The summed E-state index contributed by atoms with van der Waals surface area (Å²) >= 11 is 0. The summed E-state index contributed by atoms with van der Waals surface area (Å²) in [6.07, 6.45) is 2.11. The molecule has 0 fully saturated rings. The second-order valence-electron chi connectivity index (χ2n) is 7.62. The van der Waals surface area contributed by atoms with Crippen LogP contribution < -0.4 is 4.68 Å². The molecule has 0 radical (unpaired) electrons. The molecule has 26 heavy (non-hydrogen) atoms. The first-order chi connectivity index (χ1) is 13.5. The molecule has 0 bridgehead atoms. The maximum Gasteiger partial charge on any atom is 0.239 e. The maximum absolute atomic E-state index is 8.05. The zero-order valence-corrected chi connectivity index (χ0v) is 16.7. The molecule has 2 nitrogen and oxygen atoms in total. The van der Waals surface area contributed by atoms with Crippen LogP contribution in [0.1, 0.15) is 66.2 Å². The molecule has 3 aromatic rings. The lowest BCUT2D eigenvalue weighted by atomic mass is 9.96. The topological polar surface area (TPSA) is 8.81 Å². The Morgan fingerprint density at radius 1 is 0.923 bits per heavy atom. The quantitative estimate of drug-likeness (QED) is 0.506. The monoisotopic (exact) mass is 350 g/mol. The molecule has 0 saturated carbocycles. The molecule has 136 valence electrons. The number of nitrogens with zero attached hydrogens (tertiary/aromatic N) is 2. The fourth-order valence-electron chi connectivity index (χ4n) is 3.84. The fourth-order valence-corrected chi connectivity index (χ4v) is 3.84. The summed E-state index contributed by atoms with van der Waals surface area (Å²) in [4.78, 5) is 0. The van der Waals surface area contributed by atoms with Gasteiger partial charge in [-0.05, 0) is 57.2 Å². The lowest BCUT2D eigenvalue weighted by Crippen LogP contribution is -2.42. The van der Waals surface area contributed by atoms with Crippen molar-refractivity contribution in [2.24, 2.45) is 0 Å². The van der Waals surface area contributed by atoms with E-state index in [9.17, 15) is 0 Å². The predicted molar refractivity (Wildman–Crippen MR) is 110 cm³/mol. The van der Waals surface area contributed by atoms with Crippen molar-refractivity contribution < 1.29 is 8.79 Å². The van der Waals surface area contributed by atoms with Crippen LogP contribution in [0.5, 0.6) is 0 Å². The Morgan fingerprint density at radius 3 is 2.27 bits per heavy atom. The van der Waals surface area contributed by atoms with Crippen molar-refractivity contribution in [3.63, 3.8) is 0 Å². The van der Waals surface area contributed by atoms with E-state index in [0.29, 0.717) is 11.5 Å². The summed E-state index contributed by atoms with van der Waals surface area (Å²) in [6.45, 7) is 10.6. The molecule has 0 aliphatic carbocycles. The summed E-state index contributed by atoms with van der Waals surface area (Å²) in [7, 11) is 0. The number of para-hydroxylation sites is 1. The van der Waals surface area contributed by atoms with Gasteiger partial charge in [0.2, 0.25) is 11.9 Å². The van der Waals surface area contributed by atoms with Crippen molar-refractivity contribution in [2.75, 3.05) is 0 Å². The molecule has 0 amide bonds. The van der Waals surface area contributed by atoms with E-state index in [1.807, 2.05) is 19.1 Å². The minimum Gasteiger partial charge on any atom is -0.149 e. The van der Waals surface area contributed by atoms with Gasteiger partial charge >= 0.3 is 0 Å². The van der Waals surface area contributed by atoms with Crippen LogP contribution in [0.2, 0.25) is 0 Å². The average molecular weight is 351 g/mol. The Bertz CT molecular complexity index is 1030. The first-order valence-electron chi connectivity index (χ1n) is 10.9. The molecular weight excluding hydrogens is 316 g/mol. The second-order valence-corrected chi connectivity index (χ2v) is 7.62. The third-order valence-corrected chi connectivity index (χ3v) is 5.05. The van der Waals surface area contributed by atoms with Gasteiger partial charge in [0.25, 0.3) is 0 Å².